The summed E-state index contributed by atoms with van der Waals surface area (Å²) in [6.07, 6.45) is 0.276. The van der Waals surface area contributed by atoms with Gasteiger partial charge in [0.15, 0.2) is 0 Å². The molecule has 3 atom stereocenters. The Hall–Kier alpha value is -4.32. The second-order valence-corrected chi connectivity index (χ2v) is 16.2. The Labute approximate surface area is 282 Å². The van der Waals surface area contributed by atoms with E-state index in [1.54, 1.807) is 58.9 Å². The lowest BCUT2D eigenvalue weighted by molar-refractivity contribution is -0.155. The zero-order chi connectivity index (χ0) is 35.9. The molecule has 0 unspecified atom stereocenters. The minimum absolute atomic E-state index is 0.0510. The molecule has 0 aliphatic carbocycles. The predicted molar refractivity (Wildman–Crippen MR) is 183 cm³/mol. The third-order valence-electron chi connectivity index (χ3n) is 6.79. The fourth-order valence-electron chi connectivity index (χ4n) is 4.51. The number of hydrogen-bond acceptors (Lipinski definition) is 9. The summed E-state index contributed by atoms with van der Waals surface area (Å²) < 4.78 is 58.1. The maximum Gasteiger partial charge on any atom is 0.309 e. The second-order valence-electron chi connectivity index (χ2n) is 12.8. The van der Waals surface area contributed by atoms with Crippen LogP contribution in [0.25, 0.3) is 10.9 Å². The number of rotatable bonds is 12. The van der Waals surface area contributed by atoms with E-state index in [2.05, 4.69) is 26.3 Å². The number of pyridine rings is 1. The van der Waals surface area contributed by atoms with Gasteiger partial charge in [0.25, 0.3) is 0 Å². The predicted octanol–water partition coefficient (Wildman–Crippen LogP) is 2.80. The molecule has 2 aromatic carbocycles. The quantitative estimate of drug-likeness (QED) is 0.146. The Kier molecular flexibility index (Phi) is 12.5. The summed E-state index contributed by atoms with van der Waals surface area (Å²) in [5.41, 5.74) is 1.09. The molecular formula is C34H42N4O8S2. The first-order chi connectivity index (χ1) is 22.2. The van der Waals surface area contributed by atoms with Crippen molar-refractivity contribution in [1.82, 2.24) is 20.3 Å². The van der Waals surface area contributed by atoms with Crippen molar-refractivity contribution in [2.75, 3.05) is 6.26 Å². The van der Waals surface area contributed by atoms with E-state index >= 15 is 0 Å². The average Bonchev–Trinajstić information content (AvgIpc) is 2.96. The van der Waals surface area contributed by atoms with E-state index in [4.69, 9.17) is 4.74 Å². The summed E-state index contributed by atoms with van der Waals surface area (Å²) in [6, 6.07) is 13.1. The molecule has 3 aromatic rings. The molecule has 12 nitrogen and oxygen atoms in total. The zero-order valence-corrected chi connectivity index (χ0v) is 29.7. The van der Waals surface area contributed by atoms with E-state index in [1.165, 1.54) is 12.1 Å². The van der Waals surface area contributed by atoms with Crippen LogP contribution in [-0.2, 0) is 45.4 Å². The van der Waals surface area contributed by atoms with E-state index in [-0.39, 0.29) is 11.3 Å². The van der Waals surface area contributed by atoms with Gasteiger partial charge in [-0.3, -0.25) is 19.4 Å². The van der Waals surface area contributed by atoms with Crippen LogP contribution in [0.4, 0.5) is 0 Å². The van der Waals surface area contributed by atoms with Gasteiger partial charge in [0.2, 0.25) is 31.7 Å². The summed E-state index contributed by atoms with van der Waals surface area (Å²) in [7, 11) is -7.98. The molecule has 258 valence electrons. The van der Waals surface area contributed by atoms with Crippen LogP contribution >= 0.6 is 0 Å². The largest absolute Gasteiger partial charge is 0.460 e. The highest BCUT2D eigenvalue weighted by atomic mass is 32.2. The fraction of sp³-hybridized carbons (Fsp3) is 0.412. The number of sulfonamides is 1. The van der Waals surface area contributed by atoms with Crippen molar-refractivity contribution in [2.45, 2.75) is 83.0 Å². The van der Waals surface area contributed by atoms with Gasteiger partial charge in [-0.2, -0.15) is 4.72 Å². The second kappa shape index (κ2) is 15.7. The summed E-state index contributed by atoms with van der Waals surface area (Å²) in [5, 5.41) is 8.07. The average molecular weight is 699 g/mol. The number of carbonyl (C=O) groups is 3. The molecule has 1 aromatic heterocycles. The lowest BCUT2D eigenvalue weighted by Crippen LogP contribution is -2.57. The number of nitrogens with zero attached hydrogens (tertiary/aromatic N) is 1. The van der Waals surface area contributed by atoms with Crippen molar-refractivity contribution in [3.05, 3.63) is 71.9 Å². The number of fused-ring (bicyclic) bond motifs is 1. The number of nitrogens with one attached hydrogen (secondary N) is 3. The number of hydrogen-bond donors (Lipinski definition) is 3. The molecular weight excluding hydrogens is 657 g/mol. The van der Waals surface area contributed by atoms with Crippen LogP contribution in [-0.4, -0.2) is 69.6 Å². The molecule has 2 amide bonds. The molecule has 48 heavy (non-hydrogen) atoms. The van der Waals surface area contributed by atoms with Gasteiger partial charge in [-0.05, 0) is 57.9 Å². The lowest BCUT2D eigenvalue weighted by Gasteiger charge is -2.26. The summed E-state index contributed by atoms with van der Waals surface area (Å²) in [4.78, 5) is 44.5. The van der Waals surface area contributed by atoms with E-state index in [0.29, 0.717) is 11.2 Å². The molecule has 1 heterocycles. The Bertz CT molecular complexity index is 1920. The standard InChI is InChI=1S/C34H42N4O8S2/c1-22(2)31(33(41)36-26(18-19-47(7,42)43)21-30(39)46-34(4,5)6)37-32(40)29(38-48(44,45)27-16-12-23(3)13-17-27)20-25-15-14-24-10-8-9-11-28(24)35-25/h8-17,22,26,29,31,38H,20-21H2,1-7H3,(H,36,41)(H,37,40)/t26-,29+,31+/m1/s1. The van der Waals surface area contributed by atoms with E-state index < -0.39 is 73.7 Å². The topological polar surface area (TPSA) is 178 Å². The summed E-state index contributed by atoms with van der Waals surface area (Å²) in [6.45, 7) is 10.1. The first-order valence-electron chi connectivity index (χ1n) is 15.2. The van der Waals surface area contributed by atoms with Crippen molar-refractivity contribution < 1.29 is 36.0 Å². The van der Waals surface area contributed by atoms with E-state index in [9.17, 15) is 31.2 Å². The maximum atomic E-state index is 13.8. The fourth-order valence-corrected chi connectivity index (χ4v) is 6.06. The van der Waals surface area contributed by atoms with Gasteiger partial charge < -0.3 is 15.4 Å². The minimum atomic E-state index is -4.19. The highest BCUT2D eigenvalue weighted by Crippen LogP contribution is 2.16. The van der Waals surface area contributed by atoms with Crippen molar-refractivity contribution >= 4 is 48.5 Å². The van der Waals surface area contributed by atoms with Gasteiger partial charge in [0, 0.05) is 22.8 Å². The van der Waals surface area contributed by atoms with Crippen molar-refractivity contribution in [3.8, 4) is 11.2 Å². The number of carbonyl (C=O) groups excluding carboxylic acids is 3. The number of sulfone groups is 1. The molecule has 3 rings (SSSR count). The molecule has 0 aliphatic heterocycles. The smallest absolute Gasteiger partial charge is 0.309 e. The van der Waals surface area contributed by atoms with Gasteiger partial charge in [-0.1, -0.05) is 61.7 Å². The van der Waals surface area contributed by atoms with Gasteiger partial charge >= 0.3 is 5.97 Å². The summed E-state index contributed by atoms with van der Waals surface area (Å²) >= 11 is 0. The number of amides is 2. The van der Waals surface area contributed by atoms with Crippen LogP contribution in [0.2, 0.25) is 0 Å². The molecule has 0 bridgehead atoms. The monoisotopic (exact) mass is 698 g/mol. The first-order valence-corrected chi connectivity index (χ1v) is 18.6. The molecule has 3 N–H and O–H groups in total. The third kappa shape index (κ3) is 12.0. The first kappa shape index (κ1) is 38.1. The summed E-state index contributed by atoms with van der Waals surface area (Å²) in [5.74, 6) is -0.425. The molecule has 0 saturated heterocycles. The highest BCUT2D eigenvalue weighted by molar-refractivity contribution is 7.95. The molecule has 0 saturated carbocycles. The van der Waals surface area contributed by atoms with Crippen LogP contribution < -0.4 is 15.4 Å². The van der Waals surface area contributed by atoms with Gasteiger partial charge in [0.1, 0.15) is 23.7 Å². The van der Waals surface area contributed by atoms with Crippen molar-refractivity contribution in [1.29, 1.82) is 0 Å². The number of ether oxygens (including phenoxy) is 1. The third-order valence-corrected chi connectivity index (χ3v) is 8.76. The minimum Gasteiger partial charge on any atom is -0.460 e. The molecule has 0 spiro atoms. The van der Waals surface area contributed by atoms with E-state index in [1.807, 2.05) is 36.4 Å². The van der Waals surface area contributed by atoms with Gasteiger partial charge in [-0.25, -0.2) is 16.8 Å². The normalized spacial score (nSPS) is 13.9. The number of aryl methyl sites for hydroxylation is 1. The number of esters is 1. The number of benzene rings is 2. The molecule has 0 fully saturated rings. The lowest BCUT2D eigenvalue weighted by atomic mass is 10.0. The Morgan fingerprint density at radius 1 is 0.896 bits per heavy atom. The van der Waals surface area contributed by atoms with Gasteiger partial charge in [-0.15, -0.1) is 0 Å². The molecule has 0 aliphatic rings. The number of aromatic nitrogens is 1. The molecule has 14 heteroatoms. The van der Waals surface area contributed by atoms with Crippen LogP contribution in [0.5, 0.6) is 0 Å². The number of para-hydroxylation sites is 1. The molecule has 0 radical (unpaired) electrons. The van der Waals surface area contributed by atoms with Crippen molar-refractivity contribution in [2.24, 2.45) is 5.92 Å². The Morgan fingerprint density at radius 2 is 1.54 bits per heavy atom. The van der Waals surface area contributed by atoms with Crippen LogP contribution in [0, 0.1) is 24.0 Å². The van der Waals surface area contributed by atoms with E-state index in [0.717, 1.165) is 17.2 Å². The SMILES string of the molecule is Cc1ccc(S(=O)(=O)N[C@@H](Cc2ccc3ccccc3n2)C(=O)N[C@H](C(=O)N[C@H](C#CS(C)(=O)=O)CC(=O)OC(C)(C)C)C(C)C)cc1. The zero-order valence-electron chi connectivity index (χ0n) is 28.0. The van der Waals surface area contributed by atoms with Crippen LogP contribution in [0.15, 0.2) is 65.6 Å². The van der Waals surface area contributed by atoms with Crippen molar-refractivity contribution in [3.63, 3.8) is 0 Å². The van der Waals surface area contributed by atoms with Crippen LogP contribution in [0.3, 0.4) is 0 Å². The van der Waals surface area contributed by atoms with Crippen LogP contribution in [0.1, 0.15) is 52.3 Å². The highest BCUT2D eigenvalue weighted by Gasteiger charge is 2.32. The Balaban J connectivity index is 1.91. The van der Waals surface area contributed by atoms with Gasteiger partial charge in [0.05, 0.1) is 23.1 Å². The maximum absolute atomic E-state index is 13.8. The Morgan fingerprint density at radius 3 is 2.15 bits per heavy atom.